The average molecular weight is 317 g/mol. The van der Waals surface area contributed by atoms with E-state index in [2.05, 4.69) is 15.8 Å². The van der Waals surface area contributed by atoms with Crippen LogP contribution in [0.3, 0.4) is 0 Å². The third-order valence-corrected chi connectivity index (χ3v) is 3.58. The first-order valence-corrected chi connectivity index (χ1v) is 7.63. The number of nitrogens with zero attached hydrogens (tertiary/aromatic N) is 1. The molecule has 1 aromatic carbocycles. The summed E-state index contributed by atoms with van der Waals surface area (Å²) in [5, 5.41) is 19.7. The van der Waals surface area contributed by atoms with Crippen molar-refractivity contribution in [3.05, 3.63) is 53.4 Å². The maximum absolute atomic E-state index is 11.8. The molecule has 1 heterocycles. The molecule has 0 fully saturated rings. The summed E-state index contributed by atoms with van der Waals surface area (Å²) in [6.07, 6.45) is 0. The summed E-state index contributed by atoms with van der Waals surface area (Å²) in [6.45, 7) is 6.06. The van der Waals surface area contributed by atoms with E-state index < -0.39 is 5.60 Å². The summed E-state index contributed by atoms with van der Waals surface area (Å²) in [4.78, 5) is 11.8. The van der Waals surface area contributed by atoms with Crippen LogP contribution in [0.2, 0.25) is 0 Å². The molecule has 0 radical (unpaired) electrons. The maximum atomic E-state index is 11.8. The number of hydrogen-bond acceptors (Lipinski definition) is 4. The van der Waals surface area contributed by atoms with Gasteiger partial charge in [-0.1, -0.05) is 49.3 Å². The number of carbonyl (C=O) groups is 1. The highest BCUT2D eigenvalue weighted by Gasteiger charge is 2.23. The zero-order valence-electron chi connectivity index (χ0n) is 13.7. The molecule has 0 spiro atoms. The van der Waals surface area contributed by atoms with Crippen molar-refractivity contribution in [2.45, 2.75) is 38.8 Å². The Morgan fingerprint density at radius 3 is 2.61 bits per heavy atom. The number of urea groups is 1. The number of aromatic nitrogens is 1. The highest BCUT2D eigenvalue weighted by molar-refractivity contribution is 5.73. The third kappa shape index (κ3) is 4.82. The summed E-state index contributed by atoms with van der Waals surface area (Å²) < 4.78 is 5.15. The first-order chi connectivity index (χ1) is 10.9. The van der Waals surface area contributed by atoms with Crippen LogP contribution in [-0.4, -0.2) is 22.8 Å². The average Bonchev–Trinajstić information content (AvgIpc) is 3.01. The lowest BCUT2D eigenvalue weighted by molar-refractivity contribution is 0.0593. The fraction of sp³-hybridized carbons (Fsp3) is 0.412. The Labute approximate surface area is 135 Å². The Balaban J connectivity index is 1.80. The molecule has 0 saturated carbocycles. The van der Waals surface area contributed by atoms with Crippen LogP contribution in [0.25, 0.3) is 0 Å². The second kappa shape index (κ2) is 7.28. The van der Waals surface area contributed by atoms with E-state index in [9.17, 15) is 9.90 Å². The van der Waals surface area contributed by atoms with E-state index in [-0.39, 0.29) is 25.0 Å². The number of amides is 2. The molecule has 1 aromatic heterocycles. The molecule has 0 aliphatic heterocycles. The van der Waals surface area contributed by atoms with Crippen LogP contribution in [0.15, 0.2) is 40.9 Å². The van der Waals surface area contributed by atoms with Gasteiger partial charge in [-0.05, 0) is 18.4 Å². The van der Waals surface area contributed by atoms with E-state index in [1.165, 1.54) is 0 Å². The lowest BCUT2D eigenvalue weighted by Gasteiger charge is -2.24. The molecule has 0 saturated heterocycles. The van der Waals surface area contributed by atoms with Crippen molar-refractivity contribution in [1.82, 2.24) is 15.8 Å². The predicted molar refractivity (Wildman–Crippen MR) is 86.8 cm³/mol. The summed E-state index contributed by atoms with van der Waals surface area (Å²) in [6, 6.07) is 10.7. The number of carbonyl (C=O) groups excluding carboxylic acids is 1. The van der Waals surface area contributed by atoms with Crippen LogP contribution in [-0.2, 0) is 12.1 Å². The monoisotopic (exact) mass is 317 g/mol. The Hall–Kier alpha value is -2.34. The van der Waals surface area contributed by atoms with Crippen LogP contribution < -0.4 is 10.6 Å². The number of rotatable bonds is 6. The minimum absolute atomic E-state index is 0.108. The number of hydrogen-bond donors (Lipinski definition) is 3. The van der Waals surface area contributed by atoms with Gasteiger partial charge in [0.05, 0.1) is 18.8 Å². The molecular formula is C17H23N3O3. The van der Waals surface area contributed by atoms with Crippen molar-refractivity contribution in [1.29, 1.82) is 0 Å². The summed E-state index contributed by atoms with van der Waals surface area (Å²) in [5.74, 6) is 0.876. The lowest BCUT2D eigenvalue weighted by Crippen LogP contribution is -2.43. The summed E-state index contributed by atoms with van der Waals surface area (Å²) >= 11 is 0. The summed E-state index contributed by atoms with van der Waals surface area (Å²) in [7, 11) is 0. The molecule has 0 aliphatic rings. The summed E-state index contributed by atoms with van der Waals surface area (Å²) in [5.41, 5.74) is 0.474. The van der Waals surface area contributed by atoms with Gasteiger partial charge in [0.25, 0.3) is 0 Å². The standard InChI is InChI=1S/C17H23N3O3/c1-12(2)15-9-14(23-20-15)10-18-16(21)19-11-17(3,22)13-7-5-4-6-8-13/h4-9,12,22H,10-11H2,1-3H3,(H2,18,19,21). The molecule has 6 nitrogen and oxygen atoms in total. The highest BCUT2D eigenvalue weighted by Crippen LogP contribution is 2.18. The predicted octanol–water partition coefficient (Wildman–Crippen LogP) is 2.50. The molecule has 2 aromatic rings. The van der Waals surface area contributed by atoms with Crippen LogP contribution in [0, 0.1) is 0 Å². The van der Waals surface area contributed by atoms with E-state index in [1.807, 2.05) is 50.2 Å². The molecule has 1 unspecified atom stereocenters. The normalized spacial score (nSPS) is 13.6. The van der Waals surface area contributed by atoms with Crippen molar-refractivity contribution in [3.8, 4) is 0 Å². The molecule has 1 atom stereocenters. The first kappa shape index (κ1) is 17.0. The minimum atomic E-state index is -1.13. The van der Waals surface area contributed by atoms with Crippen molar-refractivity contribution in [3.63, 3.8) is 0 Å². The van der Waals surface area contributed by atoms with Crippen molar-refractivity contribution in [2.24, 2.45) is 0 Å². The van der Waals surface area contributed by atoms with E-state index in [0.29, 0.717) is 5.76 Å². The molecule has 23 heavy (non-hydrogen) atoms. The molecule has 0 aliphatic carbocycles. The lowest BCUT2D eigenvalue weighted by atomic mass is 9.96. The smallest absolute Gasteiger partial charge is 0.315 e. The highest BCUT2D eigenvalue weighted by atomic mass is 16.5. The van der Waals surface area contributed by atoms with Crippen LogP contribution in [0.1, 0.15) is 43.7 Å². The van der Waals surface area contributed by atoms with Gasteiger partial charge in [0.1, 0.15) is 5.60 Å². The molecular weight excluding hydrogens is 294 g/mol. The van der Waals surface area contributed by atoms with Crippen molar-refractivity contribution >= 4 is 6.03 Å². The molecule has 2 amide bonds. The van der Waals surface area contributed by atoms with Crippen LogP contribution in [0.4, 0.5) is 4.79 Å². The van der Waals surface area contributed by atoms with Gasteiger partial charge in [-0.15, -0.1) is 0 Å². The van der Waals surface area contributed by atoms with Gasteiger partial charge < -0.3 is 20.3 Å². The van der Waals surface area contributed by atoms with E-state index in [1.54, 1.807) is 6.92 Å². The van der Waals surface area contributed by atoms with Gasteiger partial charge in [-0.3, -0.25) is 0 Å². The Morgan fingerprint density at radius 2 is 2.00 bits per heavy atom. The van der Waals surface area contributed by atoms with Gasteiger partial charge >= 0.3 is 6.03 Å². The largest absolute Gasteiger partial charge is 0.384 e. The fourth-order valence-electron chi connectivity index (χ4n) is 2.07. The van der Waals surface area contributed by atoms with Gasteiger partial charge in [-0.2, -0.15) is 0 Å². The maximum Gasteiger partial charge on any atom is 0.315 e. The number of nitrogens with one attached hydrogen (secondary N) is 2. The molecule has 124 valence electrons. The van der Waals surface area contributed by atoms with E-state index in [0.717, 1.165) is 11.3 Å². The SMILES string of the molecule is CC(C)c1cc(CNC(=O)NCC(C)(O)c2ccccc2)on1. The Bertz CT molecular complexity index is 636. The number of aliphatic hydroxyl groups is 1. The van der Waals surface area contributed by atoms with E-state index >= 15 is 0 Å². The Kier molecular flexibility index (Phi) is 5.39. The Morgan fingerprint density at radius 1 is 1.30 bits per heavy atom. The quantitative estimate of drug-likeness (QED) is 0.764. The molecule has 2 rings (SSSR count). The molecule has 3 N–H and O–H groups in total. The van der Waals surface area contributed by atoms with Gasteiger partial charge in [0, 0.05) is 6.07 Å². The van der Waals surface area contributed by atoms with E-state index in [4.69, 9.17) is 4.52 Å². The molecule has 6 heteroatoms. The second-order valence-electron chi connectivity index (χ2n) is 6.05. The van der Waals surface area contributed by atoms with Crippen molar-refractivity contribution < 1.29 is 14.4 Å². The van der Waals surface area contributed by atoms with Crippen molar-refractivity contribution in [2.75, 3.05) is 6.54 Å². The molecule has 0 bridgehead atoms. The fourth-order valence-corrected chi connectivity index (χ4v) is 2.07. The number of benzene rings is 1. The third-order valence-electron chi connectivity index (χ3n) is 3.58. The van der Waals surface area contributed by atoms with Gasteiger partial charge in [0.2, 0.25) is 0 Å². The van der Waals surface area contributed by atoms with Crippen LogP contribution >= 0.6 is 0 Å². The second-order valence-corrected chi connectivity index (χ2v) is 6.05. The zero-order valence-corrected chi connectivity index (χ0v) is 13.7. The topological polar surface area (TPSA) is 87.4 Å². The first-order valence-electron chi connectivity index (χ1n) is 7.63. The van der Waals surface area contributed by atoms with Gasteiger partial charge in [0.15, 0.2) is 5.76 Å². The minimum Gasteiger partial charge on any atom is -0.384 e. The zero-order chi connectivity index (χ0) is 16.9. The van der Waals surface area contributed by atoms with Crippen LogP contribution in [0.5, 0.6) is 0 Å². The van der Waals surface area contributed by atoms with Gasteiger partial charge in [-0.25, -0.2) is 4.79 Å².